The van der Waals surface area contributed by atoms with Crippen molar-refractivity contribution in [3.8, 4) is 0 Å². The zero-order valence-electron chi connectivity index (χ0n) is 20.9. The van der Waals surface area contributed by atoms with Crippen molar-refractivity contribution in [3.63, 3.8) is 0 Å². The maximum atomic E-state index is 13.7. The summed E-state index contributed by atoms with van der Waals surface area (Å²) in [4.78, 5) is 28.7. The number of amides is 2. The summed E-state index contributed by atoms with van der Waals surface area (Å²) in [6.45, 7) is 4.11. The number of rotatable bonds is 12. The Morgan fingerprint density at radius 2 is 1.59 bits per heavy atom. The van der Waals surface area contributed by atoms with Gasteiger partial charge in [-0.05, 0) is 54.3 Å². The molecule has 0 fully saturated rings. The highest BCUT2D eigenvalue weighted by Crippen LogP contribution is 2.28. The van der Waals surface area contributed by atoms with Gasteiger partial charge in [-0.1, -0.05) is 78.7 Å². The van der Waals surface area contributed by atoms with E-state index in [9.17, 15) is 14.0 Å². The summed E-state index contributed by atoms with van der Waals surface area (Å²) in [5.41, 5.74) is 2.45. The van der Waals surface area contributed by atoms with Gasteiger partial charge in [0.2, 0.25) is 11.8 Å². The number of halogens is 3. The molecule has 0 saturated carbocycles. The quantitative estimate of drug-likeness (QED) is 0.261. The lowest BCUT2D eigenvalue weighted by Gasteiger charge is -2.32. The summed E-state index contributed by atoms with van der Waals surface area (Å²) in [6, 6.07) is 20.1. The van der Waals surface area contributed by atoms with Crippen LogP contribution in [-0.4, -0.2) is 34.6 Å². The third kappa shape index (κ3) is 8.77. The molecular weight excluding hydrogens is 530 g/mol. The maximum absolute atomic E-state index is 13.7. The van der Waals surface area contributed by atoms with Crippen molar-refractivity contribution in [1.82, 2.24) is 10.2 Å². The largest absolute Gasteiger partial charge is 0.352 e. The van der Waals surface area contributed by atoms with Crippen molar-refractivity contribution in [3.05, 3.63) is 105 Å². The molecule has 0 saturated heterocycles. The Morgan fingerprint density at radius 1 is 0.946 bits per heavy atom. The average Bonchev–Trinajstić information content (AvgIpc) is 2.89. The van der Waals surface area contributed by atoms with Crippen molar-refractivity contribution in [1.29, 1.82) is 0 Å². The lowest BCUT2D eigenvalue weighted by atomic mass is 10.0. The molecule has 0 bridgehead atoms. The number of carbonyl (C=O) groups excluding carboxylic acids is 2. The second kappa shape index (κ2) is 14.4. The Labute approximate surface area is 232 Å². The third-order valence-electron chi connectivity index (χ3n) is 6.07. The number of benzene rings is 3. The first-order valence-electron chi connectivity index (χ1n) is 12.2. The minimum Gasteiger partial charge on any atom is -0.352 e. The van der Waals surface area contributed by atoms with E-state index in [0.29, 0.717) is 22.2 Å². The van der Waals surface area contributed by atoms with Crippen LogP contribution in [0, 0.1) is 5.82 Å². The second-order valence-corrected chi connectivity index (χ2v) is 10.7. The van der Waals surface area contributed by atoms with Crippen LogP contribution < -0.4 is 5.32 Å². The van der Waals surface area contributed by atoms with Crippen LogP contribution in [0.3, 0.4) is 0 Å². The zero-order valence-corrected chi connectivity index (χ0v) is 23.3. The van der Waals surface area contributed by atoms with Gasteiger partial charge < -0.3 is 10.2 Å². The van der Waals surface area contributed by atoms with Gasteiger partial charge in [0.25, 0.3) is 0 Å². The highest BCUT2D eigenvalue weighted by molar-refractivity contribution is 7.99. The molecule has 0 aliphatic heterocycles. The zero-order chi connectivity index (χ0) is 26.8. The molecule has 0 aliphatic carbocycles. The molecule has 0 radical (unpaired) electrons. The predicted molar refractivity (Wildman–Crippen MR) is 151 cm³/mol. The second-order valence-electron chi connectivity index (χ2n) is 8.86. The summed E-state index contributed by atoms with van der Waals surface area (Å²) in [5.74, 6) is -0.184. The molecule has 3 aromatic carbocycles. The SMILES string of the molecule is CCC(C)NC(=O)C(Cc1ccccc1)N(Cc1ccc(F)cc1)C(=O)CSCc1c(Cl)cccc1Cl. The third-order valence-corrected chi connectivity index (χ3v) is 7.72. The first-order chi connectivity index (χ1) is 17.8. The van der Waals surface area contributed by atoms with Crippen molar-refractivity contribution in [2.45, 2.75) is 51.1 Å². The lowest BCUT2D eigenvalue weighted by Crippen LogP contribution is -2.52. The molecule has 37 heavy (non-hydrogen) atoms. The molecule has 0 aliphatic rings. The number of carbonyl (C=O) groups is 2. The summed E-state index contributed by atoms with van der Waals surface area (Å²) in [6.07, 6.45) is 1.13. The first kappa shape index (κ1) is 29.0. The first-order valence-corrected chi connectivity index (χ1v) is 14.1. The normalized spacial score (nSPS) is 12.6. The molecule has 4 nitrogen and oxygen atoms in total. The minimum atomic E-state index is -0.738. The summed E-state index contributed by atoms with van der Waals surface area (Å²) in [5, 5.41) is 4.14. The fraction of sp³-hybridized carbons (Fsp3) is 0.310. The van der Waals surface area contributed by atoms with E-state index in [1.54, 1.807) is 35.2 Å². The van der Waals surface area contributed by atoms with Crippen LogP contribution in [0.15, 0.2) is 72.8 Å². The minimum absolute atomic E-state index is 0.0368. The Bertz CT molecular complexity index is 1160. The van der Waals surface area contributed by atoms with E-state index in [1.165, 1.54) is 23.9 Å². The van der Waals surface area contributed by atoms with Gasteiger partial charge in [0, 0.05) is 34.8 Å². The molecule has 0 heterocycles. The molecular formula is C29H31Cl2FN2O2S. The molecule has 0 aromatic heterocycles. The van der Waals surface area contributed by atoms with Crippen LogP contribution in [0.25, 0.3) is 0 Å². The van der Waals surface area contributed by atoms with Crippen LogP contribution in [0.4, 0.5) is 4.39 Å². The Morgan fingerprint density at radius 3 is 2.22 bits per heavy atom. The van der Waals surface area contributed by atoms with E-state index >= 15 is 0 Å². The van der Waals surface area contributed by atoms with E-state index in [-0.39, 0.29) is 36.0 Å². The van der Waals surface area contributed by atoms with Gasteiger partial charge in [0.05, 0.1) is 5.75 Å². The van der Waals surface area contributed by atoms with Crippen molar-refractivity contribution in [2.75, 3.05) is 5.75 Å². The highest BCUT2D eigenvalue weighted by Gasteiger charge is 2.31. The lowest BCUT2D eigenvalue weighted by molar-refractivity contribution is -0.139. The highest BCUT2D eigenvalue weighted by atomic mass is 35.5. The van der Waals surface area contributed by atoms with Gasteiger partial charge in [-0.2, -0.15) is 0 Å². The van der Waals surface area contributed by atoms with E-state index in [4.69, 9.17) is 23.2 Å². The van der Waals surface area contributed by atoms with Gasteiger partial charge in [-0.3, -0.25) is 9.59 Å². The molecule has 2 unspecified atom stereocenters. The molecule has 1 N–H and O–H groups in total. The Hall–Kier alpha value is -2.54. The summed E-state index contributed by atoms with van der Waals surface area (Å²) < 4.78 is 13.6. The van der Waals surface area contributed by atoms with Crippen molar-refractivity contribution >= 4 is 46.8 Å². The van der Waals surface area contributed by atoms with Gasteiger partial charge >= 0.3 is 0 Å². The molecule has 3 rings (SSSR count). The van der Waals surface area contributed by atoms with Gasteiger partial charge in [-0.15, -0.1) is 11.8 Å². The molecule has 2 atom stereocenters. The smallest absolute Gasteiger partial charge is 0.243 e. The number of thioether (sulfide) groups is 1. The van der Waals surface area contributed by atoms with Gasteiger partial charge in [0.15, 0.2) is 0 Å². The van der Waals surface area contributed by atoms with E-state index in [2.05, 4.69) is 5.32 Å². The van der Waals surface area contributed by atoms with Crippen LogP contribution in [0.1, 0.15) is 37.0 Å². The maximum Gasteiger partial charge on any atom is 0.243 e. The summed E-state index contributed by atoms with van der Waals surface area (Å²) in [7, 11) is 0. The van der Waals surface area contributed by atoms with Crippen molar-refractivity contribution in [2.24, 2.45) is 0 Å². The fourth-order valence-corrected chi connectivity index (χ4v) is 5.42. The number of hydrogen-bond acceptors (Lipinski definition) is 3. The molecule has 0 spiro atoms. The standard InChI is InChI=1S/C29H31Cl2FN2O2S/c1-3-20(2)33-29(36)27(16-21-8-5-4-6-9-21)34(17-22-12-14-23(32)15-13-22)28(35)19-37-18-24-25(30)10-7-11-26(24)31/h4-15,20,27H,3,16-19H2,1-2H3,(H,33,36). The Balaban J connectivity index is 1.87. The van der Waals surface area contributed by atoms with E-state index < -0.39 is 6.04 Å². The van der Waals surface area contributed by atoms with Gasteiger partial charge in [-0.25, -0.2) is 4.39 Å². The predicted octanol–water partition coefficient (Wildman–Crippen LogP) is 6.92. The summed E-state index contributed by atoms with van der Waals surface area (Å²) >= 11 is 14.0. The molecule has 8 heteroatoms. The van der Waals surface area contributed by atoms with Crippen LogP contribution in [0.5, 0.6) is 0 Å². The topological polar surface area (TPSA) is 49.4 Å². The van der Waals surface area contributed by atoms with E-state index in [1.807, 2.05) is 44.2 Å². The molecule has 196 valence electrons. The van der Waals surface area contributed by atoms with Crippen LogP contribution in [0.2, 0.25) is 10.0 Å². The number of nitrogens with one attached hydrogen (secondary N) is 1. The van der Waals surface area contributed by atoms with E-state index in [0.717, 1.165) is 23.1 Å². The average molecular weight is 562 g/mol. The molecule has 3 aromatic rings. The Kier molecular flexibility index (Phi) is 11.3. The van der Waals surface area contributed by atoms with Crippen LogP contribution >= 0.6 is 35.0 Å². The van der Waals surface area contributed by atoms with Crippen LogP contribution in [-0.2, 0) is 28.3 Å². The number of hydrogen-bond donors (Lipinski definition) is 1. The monoisotopic (exact) mass is 560 g/mol. The number of nitrogens with zero attached hydrogens (tertiary/aromatic N) is 1. The van der Waals surface area contributed by atoms with Gasteiger partial charge in [0.1, 0.15) is 11.9 Å². The van der Waals surface area contributed by atoms with Crippen molar-refractivity contribution < 1.29 is 14.0 Å². The fourth-order valence-electron chi connectivity index (χ4n) is 3.78. The molecule has 2 amide bonds.